The van der Waals surface area contributed by atoms with E-state index >= 15 is 0 Å². The van der Waals surface area contributed by atoms with Crippen LogP contribution in [-0.2, 0) is 29.2 Å². The van der Waals surface area contributed by atoms with Gasteiger partial charge in [-0.1, -0.05) is 42.5 Å². The highest BCUT2D eigenvalue weighted by molar-refractivity contribution is 5.72. The molecule has 3 aromatic rings. The lowest BCUT2D eigenvalue weighted by atomic mass is 10.1. The molecule has 0 aliphatic rings. The number of hydrogen-bond acceptors (Lipinski definition) is 4. The Bertz CT molecular complexity index is 746. The van der Waals surface area contributed by atoms with E-state index in [2.05, 4.69) is 0 Å². The number of carbonyl (C=O) groups excluding carboxylic acids is 1. The quantitative estimate of drug-likeness (QED) is 0.613. The van der Waals surface area contributed by atoms with E-state index in [-0.39, 0.29) is 19.0 Å². The van der Waals surface area contributed by atoms with Crippen LogP contribution in [0.3, 0.4) is 0 Å². The third-order valence-corrected chi connectivity index (χ3v) is 3.48. The van der Waals surface area contributed by atoms with Crippen LogP contribution in [0.4, 0.5) is 0 Å². The minimum atomic E-state index is -0.288. The number of benzene rings is 2. The van der Waals surface area contributed by atoms with Crippen molar-refractivity contribution in [3.8, 4) is 5.75 Å². The third-order valence-electron chi connectivity index (χ3n) is 3.48. The average Bonchev–Trinajstić information content (AvgIpc) is 3.14. The number of esters is 1. The molecule has 0 aliphatic carbocycles. The van der Waals surface area contributed by atoms with Crippen molar-refractivity contribution in [1.29, 1.82) is 0 Å². The molecule has 4 nitrogen and oxygen atoms in total. The maximum atomic E-state index is 11.8. The Balaban J connectivity index is 1.46. The molecule has 0 N–H and O–H groups in total. The number of carbonyl (C=O) groups is 1. The van der Waals surface area contributed by atoms with Crippen LogP contribution < -0.4 is 4.74 Å². The minimum Gasteiger partial charge on any atom is -0.489 e. The first-order chi connectivity index (χ1) is 11.8. The van der Waals surface area contributed by atoms with Crippen LogP contribution in [0.1, 0.15) is 16.9 Å². The molecule has 2 aromatic carbocycles. The van der Waals surface area contributed by atoms with E-state index in [1.165, 1.54) is 0 Å². The van der Waals surface area contributed by atoms with Crippen LogP contribution in [0.2, 0.25) is 0 Å². The van der Waals surface area contributed by atoms with Gasteiger partial charge in [0.05, 0.1) is 12.7 Å². The molecular weight excluding hydrogens is 304 g/mol. The van der Waals surface area contributed by atoms with Crippen LogP contribution >= 0.6 is 0 Å². The molecule has 1 heterocycles. The number of hydrogen-bond donors (Lipinski definition) is 0. The summed E-state index contributed by atoms with van der Waals surface area (Å²) in [6.07, 6.45) is 1.77. The van der Waals surface area contributed by atoms with Crippen molar-refractivity contribution >= 4 is 5.97 Å². The van der Waals surface area contributed by atoms with E-state index in [9.17, 15) is 4.79 Å². The Morgan fingerprint density at radius 3 is 2.33 bits per heavy atom. The topological polar surface area (TPSA) is 48.7 Å². The van der Waals surface area contributed by atoms with Gasteiger partial charge in [-0.2, -0.15) is 0 Å². The zero-order valence-corrected chi connectivity index (χ0v) is 13.2. The van der Waals surface area contributed by atoms with Gasteiger partial charge in [-0.25, -0.2) is 0 Å². The Morgan fingerprint density at radius 1 is 0.833 bits per heavy atom. The molecule has 4 heteroatoms. The fraction of sp³-hybridized carbons (Fsp3) is 0.150. The smallest absolute Gasteiger partial charge is 0.310 e. The van der Waals surface area contributed by atoms with Crippen molar-refractivity contribution in [2.24, 2.45) is 0 Å². The predicted octanol–water partition coefficient (Wildman–Crippen LogP) is 4.14. The van der Waals surface area contributed by atoms with Gasteiger partial charge in [0.25, 0.3) is 0 Å². The molecule has 0 radical (unpaired) electrons. The van der Waals surface area contributed by atoms with Gasteiger partial charge in [-0.3, -0.25) is 4.79 Å². The van der Waals surface area contributed by atoms with Gasteiger partial charge in [0.2, 0.25) is 0 Å². The lowest BCUT2D eigenvalue weighted by Gasteiger charge is -2.07. The fourth-order valence-corrected chi connectivity index (χ4v) is 2.21. The van der Waals surface area contributed by atoms with Crippen LogP contribution in [0.15, 0.2) is 77.4 Å². The number of furan rings is 1. The summed E-state index contributed by atoms with van der Waals surface area (Å²) >= 11 is 0. The summed E-state index contributed by atoms with van der Waals surface area (Å²) < 4.78 is 16.0. The predicted molar refractivity (Wildman–Crippen MR) is 89.4 cm³/mol. The van der Waals surface area contributed by atoms with E-state index in [0.29, 0.717) is 12.4 Å². The summed E-state index contributed by atoms with van der Waals surface area (Å²) in [7, 11) is 0. The molecule has 0 bridgehead atoms. The fourth-order valence-electron chi connectivity index (χ4n) is 2.21. The molecular formula is C20H18O4. The maximum Gasteiger partial charge on any atom is 0.310 e. The lowest BCUT2D eigenvalue weighted by molar-refractivity contribution is -0.144. The second-order valence-corrected chi connectivity index (χ2v) is 5.34. The van der Waals surface area contributed by atoms with Crippen molar-refractivity contribution in [2.45, 2.75) is 19.6 Å². The zero-order chi connectivity index (χ0) is 16.6. The van der Waals surface area contributed by atoms with Gasteiger partial charge in [0.1, 0.15) is 24.7 Å². The number of rotatable bonds is 7. The summed E-state index contributed by atoms with van der Waals surface area (Å²) in [5, 5.41) is 0. The van der Waals surface area contributed by atoms with Gasteiger partial charge in [0, 0.05) is 0 Å². The van der Waals surface area contributed by atoms with E-state index in [1.54, 1.807) is 18.4 Å². The first kappa shape index (κ1) is 15.9. The van der Waals surface area contributed by atoms with E-state index in [0.717, 1.165) is 16.9 Å². The summed E-state index contributed by atoms with van der Waals surface area (Å²) in [4.78, 5) is 11.8. The normalized spacial score (nSPS) is 10.3. The second-order valence-electron chi connectivity index (χ2n) is 5.34. The van der Waals surface area contributed by atoms with Crippen molar-refractivity contribution in [1.82, 2.24) is 0 Å². The third kappa shape index (κ3) is 4.74. The van der Waals surface area contributed by atoms with Crippen molar-refractivity contribution in [3.05, 3.63) is 89.9 Å². The minimum absolute atomic E-state index is 0.157. The average molecular weight is 322 g/mol. The molecule has 0 saturated carbocycles. The molecule has 0 aliphatic heterocycles. The Hall–Kier alpha value is -3.01. The van der Waals surface area contributed by atoms with Crippen LogP contribution in [0, 0.1) is 0 Å². The summed E-state index contributed by atoms with van der Waals surface area (Å²) in [5.74, 6) is 1.11. The summed E-state index contributed by atoms with van der Waals surface area (Å²) in [6, 6.07) is 21.0. The molecule has 0 unspecified atom stereocenters. The molecule has 122 valence electrons. The molecule has 0 atom stereocenters. The van der Waals surface area contributed by atoms with Crippen LogP contribution in [-0.4, -0.2) is 5.97 Å². The van der Waals surface area contributed by atoms with Crippen molar-refractivity contribution in [2.75, 3.05) is 0 Å². The molecule has 1 aromatic heterocycles. The first-order valence-electron chi connectivity index (χ1n) is 7.73. The largest absolute Gasteiger partial charge is 0.489 e. The van der Waals surface area contributed by atoms with Gasteiger partial charge in [0.15, 0.2) is 0 Å². The molecule has 24 heavy (non-hydrogen) atoms. The van der Waals surface area contributed by atoms with E-state index < -0.39 is 0 Å². The Labute approximate surface area is 140 Å². The highest BCUT2D eigenvalue weighted by Gasteiger charge is 2.07. The van der Waals surface area contributed by atoms with E-state index in [1.807, 2.05) is 54.6 Å². The molecule has 0 spiro atoms. The van der Waals surface area contributed by atoms with Crippen molar-refractivity contribution in [3.63, 3.8) is 0 Å². The molecule has 0 fully saturated rings. The highest BCUT2D eigenvalue weighted by Crippen LogP contribution is 2.15. The standard InChI is InChI=1S/C20H18O4/c21-20(24-15-19-7-4-12-22-19)13-16-8-10-18(11-9-16)23-14-17-5-2-1-3-6-17/h1-12H,13-15H2. The Morgan fingerprint density at radius 2 is 1.62 bits per heavy atom. The highest BCUT2D eigenvalue weighted by atomic mass is 16.5. The van der Waals surface area contributed by atoms with Gasteiger partial charge < -0.3 is 13.9 Å². The van der Waals surface area contributed by atoms with Crippen LogP contribution in [0.25, 0.3) is 0 Å². The van der Waals surface area contributed by atoms with Gasteiger partial charge in [-0.15, -0.1) is 0 Å². The molecule has 3 rings (SSSR count). The second kappa shape index (κ2) is 8.02. The van der Waals surface area contributed by atoms with Crippen molar-refractivity contribution < 1.29 is 18.7 Å². The summed E-state index contributed by atoms with van der Waals surface area (Å²) in [6.45, 7) is 0.676. The van der Waals surface area contributed by atoms with E-state index in [4.69, 9.17) is 13.9 Å². The monoisotopic (exact) mass is 322 g/mol. The van der Waals surface area contributed by atoms with Gasteiger partial charge >= 0.3 is 5.97 Å². The zero-order valence-electron chi connectivity index (χ0n) is 13.2. The molecule has 0 saturated heterocycles. The first-order valence-corrected chi connectivity index (χ1v) is 7.73. The SMILES string of the molecule is O=C(Cc1ccc(OCc2ccccc2)cc1)OCc1ccco1. The van der Waals surface area contributed by atoms with Crippen LogP contribution in [0.5, 0.6) is 5.75 Å². The summed E-state index contributed by atoms with van der Waals surface area (Å²) in [5.41, 5.74) is 1.99. The molecule has 0 amide bonds. The number of ether oxygens (including phenoxy) is 2. The van der Waals surface area contributed by atoms with Gasteiger partial charge in [-0.05, 0) is 35.4 Å². The maximum absolute atomic E-state index is 11.8. The lowest BCUT2D eigenvalue weighted by Crippen LogP contribution is -2.07. The Kier molecular flexibility index (Phi) is 5.30.